The van der Waals surface area contributed by atoms with Crippen LogP contribution in [0.5, 0.6) is 5.75 Å². The van der Waals surface area contributed by atoms with Gasteiger partial charge < -0.3 is 15.0 Å². The van der Waals surface area contributed by atoms with Crippen LogP contribution in [0.25, 0.3) is 0 Å². The van der Waals surface area contributed by atoms with Crippen molar-refractivity contribution in [3.63, 3.8) is 0 Å². The third kappa shape index (κ3) is 7.50. The molecule has 2 amide bonds. The van der Waals surface area contributed by atoms with Crippen LogP contribution in [-0.4, -0.2) is 50.4 Å². The number of carbonyl (C=O) groups excluding carboxylic acids is 2. The number of ether oxygens (including phenoxy) is 1. The third-order valence-electron chi connectivity index (χ3n) is 7.76. The molecule has 3 aromatic carbocycles. The van der Waals surface area contributed by atoms with Crippen molar-refractivity contribution in [2.75, 3.05) is 17.5 Å². The van der Waals surface area contributed by atoms with E-state index in [2.05, 4.69) is 5.32 Å². The second-order valence-corrected chi connectivity index (χ2v) is 12.6. The van der Waals surface area contributed by atoms with Crippen LogP contribution in [0.1, 0.15) is 57.1 Å². The van der Waals surface area contributed by atoms with Gasteiger partial charge in [0, 0.05) is 12.6 Å². The molecule has 0 radical (unpaired) electrons. The Bertz CT molecular complexity index is 1460. The summed E-state index contributed by atoms with van der Waals surface area (Å²) >= 11 is 0. The van der Waals surface area contributed by atoms with Crippen LogP contribution in [0.15, 0.2) is 83.8 Å². The van der Waals surface area contributed by atoms with E-state index in [1.165, 1.54) is 17.0 Å². The summed E-state index contributed by atoms with van der Waals surface area (Å²) in [6.45, 7) is 5.45. The van der Waals surface area contributed by atoms with E-state index in [0.717, 1.165) is 47.5 Å². The predicted octanol–water partition coefficient (Wildman–Crippen LogP) is 5.46. The maximum Gasteiger partial charge on any atom is 0.264 e. The van der Waals surface area contributed by atoms with Crippen LogP contribution in [0.3, 0.4) is 0 Å². The summed E-state index contributed by atoms with van der Waals surface area (Å²) in [6.07, 6.45) is 5.13. The van der Waals surface area contributed by atoms with Crippen LogP contribution in [-0.2, 0) is 26.2 Å². The van der Waals surface area contributed by atoms with E-state index in [1.807, 2.05) is 38.1 Å². The number of sulfonamides is 1. The lowest BCUT2D eigenvalue weighted by atomic mass is 9.95. The average molecular weight is 592 g/mol. The van der Waals surface area contributed by atoms with Gasteiger partial charge in [0.25, 0.3) is 10.0 Å². The summed E-state index contributed by atoms with van der Waals surface area (Å²) in [4.78, 5) is 29.3. The largest absolute Gasteiger partial charge is 0.492 e. The molecule has 1 fully saturated rings. The minimum atomic E-state index is -4.17. The van der Waals surface area contributed by atoms with Crippen molar-refractivity contribution in [3.8, 4) is 5.75 Å². The Kier molecular flexibility index (Phi) is 10.6. The smallest absolute Gasteiger partial charge is 0.264 e. The standard InChI is InChI=1S/C33H41N3O5S/c1-4-41-31-22-14-13-21-30(31)36(42(39,40)29-19-9-6-10-20-29)24-32(37)35(23-27-16-12-11-15-25(27)2)26(3)33(38)34-28-17-7-5-8-18-28/h6,9-16,19-22,26,28H,4-5,7-8,17-18,23-24H2,1-3H3,(H,34,38)/t26-/m0/s1. The first-order valence-electron chi connectivity index (χ1n) is 14.7. The summed E-state index contributed by atoms with van der Waals surface area (Å²) in [5.74, 6) is -0.382. The number of hydrogen-bond acceptors (Lipinski definition) is 5. The Balaban J connectivity index is 1.71. The normalized spacial score (nSPS) is 14.5. The molecule has 0 bridgehead atoms. The number of para-hydroxylation sites is 2. The van der Waals surface area contributed by atoms with Gasteiger partial charge in [-0.15, -0.1) is 0 Å². The highest BCUT2D eigenvalue weighted by molar-refractivity contribution is 7.92. The Morgan fingerprint density at radius 3 is 2.26 bits per heavy atom. The SMILES string of the molecule is CCOc1ccccc1N(CC(=O)N(Cc1ccccc1C)[C@@H](C)C(=O)NC1CCCCC1)S(=O)(=O)c1ccccc1. The van der Waals surface area contributed by atoms with E-state index in [-0.39, 0.29) is 29.1 Å². The lowest BCUT2D eigenvalue weighted by molar-refractivity contribution is -0.139. The fourth-order valence-electron chi connectivity index (χ4n) is 5.30. The molecule has 0 aromatic heterocycles. The maximum atomic E-state index is 14.2. The molecule has 42 heavy (non-hydrogen) atoms. The van der Waals surface area contributed by atoms with Crippen LogP contribution in [0.2, 0.25) is 0 Å². The van der Waals surface area contributed by atoms with Crippen molar-refractivity contribution in [1.82, 2.24) is 10.2 Å². The van der Waals surface area contributed by atoms with Gasteiger partial charge in [-0.05, 0) is 69.0 Å². The molecule has 9 heteroatoms. The van der Waals surface area contributed by atoms with E-state index in [4.69, 9.17) is 4.74 Å². The number of carbonyl (C=O) groups is 2. The highest BCUT2D eigenvalue weighted by Crippen LogP contribution is 2.33. The van der Waals surface area contributed by atoms with E-state index in [1.54, 1.807) is 49.4 Å². The Morgan fingerprint density at radius 1 is 0.929 bits per heavy atom. The second-order valence-electron chi connectivity index (χ2n) is 10.7. The van der Waals surface area contributed by atoms with Crippen molar-refractivity contribution in [2.45, 2.75) is 76.4 Å². The number of aryl methyl sites for hydroxylation is 1. The molecule has 224 valence electrons. The van der Waals surface area contributed by atoms with Gasteiger partial charge in [-0.2, -0.15) is 0 Å². The van der Waals surface area contributed by atoms with E-state index in [9.17, 15) is 18.0 Å². The topological polar surface area (TPSA) is 96.0 Å². The summed E-state index contributed by atoms with van der Waals surface area (Å²) in [5.41, 5.74) is 2.12. The second kappa shape index (κ2) is 14.4. The van der Waals surface area contributed by atoms with Crippen molar-refractivity contribution >= 4 is 27.5 Å². The first kappa shape index (κ1) is 31.1. The van der Waals surface area contributed by atoms with Crippen molar-refractivity contribution in [2.24, 2.45) is 0 Å². The van der Waals surface area contributed by atoms with Gasteiger partial charge in [0.1, 0.15) is 18.3 Å². The van der Waals surface area contributed by atoms with Crippen LogP contribution >= 0.6 is 0 Å². The van der Waals surface area contributed by atoms with Crippen LogP contribution in [0.4, 0.5) is 5.69 Å². The predicted molar refractivity (Wildman–Crippen MR) is 165 cm³/mol. The maximum absolute atomic E-state index is 14.2. The summed E-state index contributed by atoms with van der Waals surface area (Å²) < 4.78 is 35.0. The molecule has 8 nitrogen and oxygen atoms in total. The van der Waals surface area contributed by atoms with Gasteiger partial charge in [0.15, 0.2) is 0 Å². The molecular weight excluding hydrogens is 550 g/mol. The van der Waals surface area contributed by atoms with Gasteiger partial charge in [-0.25, -0.2) is 8.42 Å². The lowest BCUT2D eigenvalue weighted by Crippen LogP contribution is -2.53. The summed E-state index contributed by atoms with van der Waals surface area (Å²) in [5, 5.41) is 3.14. The molecular formula is C33H41N3O5S. The van der Waals surface area contributed by atoms with Crippen LogP contribution in [0, 0.1) is 6.92 Å². The van der Waals surface area contributed by atoms with Gasteiger partial charge in [0.05, 0.1) is 17.2 Å². The highest BCUT2D eigenvalue weighted by Gasteiger charge is 2.34. The Labute approximate surface area is 249 Å². The zero-order valence-electron chi connectivity index (χ0n) is 24.7. The number of anilines is 1. The zero-order chi connectivity index (χ0) is 30.1. The quantitative estimate of drug-likeness (QED) is 0.302. The number of rotatable bonds is 12. The van der Waals surface area contributed by atoms with Gasteiger partial charge in [0.2, 0.25) is 11.8 Å². The minimum absolute atomic E-state index is 0.0534. The van der Waals surface area contributed by atoms with Gasteiger partial charge >= 0.3 is 0 Å². The minimum Gasteiger partial charge on any atom is -0.492 e. The molecule has 0 unspecified atom stereocenters. The third-order valence-corrected chi connectivity index (χ3v) is 9.54. The van der Waals surface area contributed by atoms with E-state index >= 15 is 0 Å². The van der Waals surface area contributed by atoms with Crippen molar-refractivity contribution < 1.29 is 22.7 Å². The van der Waals surface area contributed by atoms with E-state index < -0.39 is 28.5 Å². The fourth-order valence-corrected chi connectivity index (χ4v) is 6.74. The number of benzene rings is 3. The first-order chi connectivity index (χ1) is 20.2. The first-order valence-corrected chi connectivity index (χ1v) is 16.1. The summed E-state index contributed by atoms with van der Waals surface area (Å²) in [7, 11) is -4.17. The molecule has 0 saturated heterocycles. The van der Waals surface area contributed by atoms with Gasteiger partial charge in [-0.1, -0.05) is 73.9 Å². The fraction of sp³-hybridized carbons (Fsp3) is 0.394. The zero-order valence-corrected chi connectivity index (χ0v) is 25.5. The lowest BCUT2D eigenvalue weighted by Gasteiger charge is -2.33. The number of hydrogen-bond donors (Lipinski definition) is 1. The molecule has 0 spiro atoms. The molecule has 0 heterocycles. The Hall–Kier alpha value is -3.85. The average Bonchev–Trinajstić information content (AvgIpc) is 3.00. The van der Waals surface area contributed by atoms with Crippen molar-refractivity contribution in [3.05, 3.63) is 90.0 Å². The van der Waals surface area contributed by atoms with Crippen molar-refractivity contribution in [1.29, 1.82) is 0 Å². The molecule has 0 aliphatic heterocycles. The molecule has 1 saturated carbocycles. The highest BCUT2D eigenvalue weighted by atomic mass is 32.2. The van der Waals surface area contributed by atoms with Gasteiger partial charge in [-0.3, -0.25) is 13.9 Å². The monoisotopic (exact) mass is 591 g/mol. The molecule has 3 aromatic rings. The Morgan fingerprint density at radius 2 is 1.57 bits per heavy atom. The number of amides is 2. The molecule has 1 N–H and O–H groups in total. The van der Waals surface area contributed by atoms with Crippen LogP contribution < -0.4 is 14.4 Å². The van der Waals surface area contributed by atoms with E-state index in [0.29, 0.717) is 12.4 Å². The number of nitrogens with zero attached hydrogens (tertiary/aromatic N) is 2. The molecule has 1 atom stereocenters. The molecule has 1 aliphatic rings. The molecule has 1 aliphatic carbocycles. The number of nitrogens with one attached hydrogen (secondary N) is 1. The summed E-state index contributed by atoms with van der Waals surface area (Å²) in [6, 6.07) is 21.7. The molecule has 4 rings (SSSR count).